The first kappa shape index (κ1) is 17.2. The molecule has 2 heterocycles. The summed E-state index contributed by atoms with van der Waals surface area (Å²) in [6.07, 6.45) is 10.5. The van der Waals surface area contributed by atoms with E-state index in [1.54, 1.807) is 0 Å². The van der Waals surface area contributed by atoms with Crippen LogP contribution in [0.5, 0.6) is 0 Å². The van der Waals surface area contributed by atoms with E-state index in [-0.39, 0.29) is 11.3 Å². The molecule has 3 aliphatic rings. The van der Waals surface area contributed by atoms with Gasteiger partial charge < -0.3 is 10.2 Å². The minimum absolute atomic E-state index is 0.119. The van der Waals surface area contributed by atoms with Crippen LogP contribution >= 0.6 is 0 Å². The lowest BCUT2D eigenvalue weighted by atomic mass is 9.69. The number of nitrogens with one attached hydrogen (secondary N) is 1. The van der Waals surface area contributed by atoms with Crippen LogP contribution in [0.2, 0.25) is 0 Å². The molecule has 132 valence electrons. The van der Waals surface area contributed by atoms with E-state index in [9.17, 15) is 13.2 Å². The molecular formula is C17H30N2O3S. The van der Waals surface area contributed by atoms with Gasteiger partial charge in [0.2, 0.25) is 5.91 Å². The van der Waals surface area contributed by atoms with E-state index in [1.807, 2.05) is 4.90 Å². The molecule has 6 heteroatoms. The molecule has 3 rings (SSSR count). The largest absolute Gasteiger partial charge is 0.341 e. The lowest BCUT2D eigenvalue weighted by molar-refractivity contribution is -0.139. The highest BCUT2D eigenvalue weighted by Gasteiger charge is 2.52. The lowest BCUT2D eigenvalue weighted by Gasteiger charge is -2.48. The number of hydrogen-bond acceptors (Lipinski definition) is 4. The Bertz CT molecular complexity index is 541. The molecule has 5 nitrogen and oxygen atoms in total. The maximum Gasteiger partial charge on any atom is 0.244 e. The summed E-state index contributed by atoms with van der Waals surface area (Å²) in [4.78, 5) is 15.2. The van der Waals surface area contributed by atoms with Crippen LogP contribution in [0.4, 0.5) is 0 Å². The third-order valence-electron chi connectivity index (χ3n) is 6.37. The molecule has 0 radical (unpaired) electrons. The van der Waals surface area contributed by atoms with Gasteiger partial charge in [0.1, 0.15) is 0 Å². The van der Waals surface area contributed by atoms with Crippen molar-refractivity contribution in [3.63, 3.8) is 0 Å². The summed E-state index contributed by atoms with van der Waals surface area (Å²) in [5, 5.41) is 3.19. The second-order valence-electron chi connectivity index (χ2n) is 7.91. The summed E-state index contributed by atoms with van der Waals surface area (Å²) in [5.41, 5.74) is 0.262. The van der Waals surface area contributed by atoms with Crippen LogP contribution in [0, 0.1) is 5.41 Å². The maximum atomic E-state index is 13.3. The van der Waals surface area contributed by atoms with E-state index in [1.165, 1.54) is 44.8 Å². The Morgan fingerprint density at radius 3 is 2.17 bits per heavy atom. The topological polar surface area (TPSA) is 66.5 Å². The first-order valence-electron chi connectivity index (χ1n) is 9.08. The van der Waals surface area contributed by atoms with Crippen molar-refractivity contribution in [2.75, 3.05) is 32.4 Å². The van der Waals surface area contributed by atoms with Crippen molar-refractivity contribution in [3.8, 4) is 0 Å². The van der Waals surface area contributed by atoms with Crippen molar-refractivity contribution in [1.29, 1.82) is 0 Å². The Labute approximate surface area is 140 Å². The maximum absolute atomic E-state index is 13.3. The molecule has 23 heavy (non-hydrogen) atoms. The fourth-order valence-corrected chi connectivity index (χ4v) is 6.35. The Kier molecular flexibility index (Phi) is 4.76. The van der Waals surface area contributed by atoms with Crippen LogP contribution in [0.25, 0.3) is 0 Å². The second kappa shape index (κ2) is 6.36. The van der Waals surface area contributed by atoms with Gasteiger partial charge in [-0.15, -0.1) is 0 Å². The molecule has 1 spiro atoms. The highest BCUT2D eigenvalue weighted by atomic mass is 32.2. The summed E-state index contributed by atoms with van der Waals surface area (Å²) >= 11 is 0. The molecular weight excluding hydrogens is 312 g/mol. The average molecular weight is 343 g/mol. The summed E-state index contributed by atoms with van der Waals surface area (Å²) in [7, 11) is -3.41. The first-order chi connectivity index (χ1) is 10.9. The number of piperidine rings is 2. The molecule has 2 saturated heterocycles. The number of amides is 1. The van der Waals surface area contributed by atoms with Crippen molar-refractivity contribution >= 4 is 15.7 Å². The Balaban J connectivity index is 1.82. The Hall–Kier alpha value is -0.620. The van der Waals surface area contributed by atoms with Crippen molar-refractivity contribution in [2.24, 2.45) is 5.41 Å². The van der Waals surface area contributed by atoms with E-state index in [0.717, 1.165) is 19.5 Å². The minimum atomic E-state index is -3.41. The average Bonchev–Trinajstić information content (AvgIpc) is 2.54. The van der Waals surface area contributed by atoms with Crippen LogP contribution in [-0.4, -0.2) is 56.4 Å². The zero-order valence-corrected chi connectivity index (χ0v) is 15.1. The van der Waals surface area contributed by atoms with Crippen molar-refractivity contribution in [1.82, 2.24) is 10.2 Å². The second-order valence-corrected chi connectivity index (χ2v) is 10.2. The van der Waals surface area contributed by atoms with Crippen molar-refractivity contribution in [3.05, 3.63) is 0 Å². The van der Waals surface area contributed by atoms with Gasteiger partial charge in [-0.05, 0) is 57.0 Å². The highest BCUT2D eigenvalue weighted by Crippen LogP contribution is 2.44. The number of carbonyl (C=O) groups excluding carboxylic acids is 1. The van der Waals surface area contributed by atoms with Gasteiger partial charge in [0, 0.05) is 19.3 Å². The summed E-state index contributed by atoms with van der Waals surface area (Å²) in [5.74, 6) is -0.119. The van der Waals surface area contributed by atoms with Crippen LogP contribution < -0.4 is 5.32 Å². The third-order valence-corrected chi connectivity index (χ3v) is 8.38. The Morgan fingerprint density at radius 2 is 1.57 bits per heavy atom. The van der Waals surface area contributed by atoms with Crippen molar-refractivity contribution in [2.45, 2.75) is 62.5 Å². The smallest absolute Gasteiger partial charge is 0.244 e. The summed E-state index contributed by atoms with van der Waals surface area (Å²) in [6.45, 7) is 2.72. The van der Waals surface area contributed by atoms with Crippen LogP contribution in [0.15, 0.2) is 0 Å². The van der Waals surface area contributed by atoms with Crippen LogP contribution in [-0.2, 0) is 14.6 Å². The van der Waals surface area contributed by atoms with Gasteiger partial charge in [0.25, 0.3) is 0 Å². The molecule has 1 saturated carbocycles. The monoisotopic (exact) mass is 342 g/mol. The lowest BCUT2D eigenvalue weighted by Crippen LogP contribution is -2.60. The zero-order valence-electron chi connectivity index (χ0n) is 14.3. The van der Waals surface area contributed by atoms with Gasteiger partial charge in [-0.2, -0.15) is 0 Å². The highest BCUT2D eigenvalue weighted by molar-refractivity contribution is 7.92. The number of sulfone groups is 1. The number of carbonyl (C=O) groups is 1. The molecule has 0 aromatic heterocycles. The molecule has 2 aliphatic heterocycles. The molecule has 0 bridgehead atoms. The van der Waals surface area contributed by atoms with Crippen LogP contribution in [0.1, 0.15) is 57.8 Å². The van der Waals surface area contributed by atoms with Crippen molar-refractivity contribution < 1.29 is 13.2 Å². The van der Waals surface area contributed by atoms with Gasteiger partial charge in [-0.25, -0.2) is 8.42 Å². The predicted molar refractivity (Wildman–Crippen MR) is 91.0 cm³/mol. The van der Waals surface area contributed by atoms with Gasteiger partial charge in [-0.1, -0.05) is 19.3 Å². The van der Waals surface area contributed by atoms with E-state index >= 15 is 0 Å². The predicted octanol–water partition coefficient (Wildman–Crippen LogP) is 1.73. The number of hydrogen-bond donors (Lipinski definition) is 1. The standard InChI is InChI=1S/C17H30N2O3S/c1-23(21,22)17(9-11-18-12-10-17)15(20)19-13-5-8-16(14-19)6-3-2-4-7-16/h18H,2-14H2,1H3. The minimum Gasteiger partial charge on any atom is -0.341 e. The van der Waals surface area contributed by atoms with E-state index in [0.29, 0.717) is 25.9 Å². The third kappa shape index (κ3) is 3.16. The molecule has 1 N–H and O–H groups in total. The zero-order chi connectivity index (χ0) is 16.6. The van der Waals surface area contributed by atoms with E-state index in [2.05, 4.69) is 5.32 Å². The van der Waals surface area contributed by atoms with Gasteiger partial charge in [0.05, 0.1) is 0 Å². The first-order valence-corrected chi connectivity index (χ1v) is 11.0. The summed E-state index contributed by atoms with van der Waals surface area (Å²) < 4.78 is 23.8. The SMILES string of the molecule is CS(=O)(=O)C1(C(=O)N2CCCC3(CCCCC3)C2)CCNCC1. The fourth-order valence-electron chi connectivity index (χ4n) is 4.95. The molecule has 0 aromatic carbocycles. The van der Waals surface area contributed by atoms with Gasteiger partial charge >= 0.3 is 0 Å². The van der Waals surface area contributed by atoms with E-state index < -0.39 is 14.6 Å². The number of nitrogens with zero attached hydrogens (tertiary/aromatic N) is 1. The molecule has 3 fully saturated rings. The molecule has 1 aliphatic carbocycles. The quantitative estimate of drug-likeness (QED) is 0.830. The molecule has 0 unspecified atom stereocenters. The Morgan fingerprint density at radius 1 is 0.957 bits per heavy atom. The normalized spacial score (nSPS) is 27.8. The van der Waals surface area contributed by atoms with E-state index in [4.69, 9.17) is 0 Å². The molecule has 1 amide bonds. The summed E-state index contributed by atoms with van der Waals surface area (Å²) in [6, 6.07) is 0. The number of rotatable bonds is 2. The van der Waals surface area contributed by atoms with Crippen LogP contribution in [0.3, 0.4) is 0 Å². The fraction of sp³-hybridized carbons (Fsp3) is 0.941. The number of likely N-dealkylation sites (tertiary alicyclic amines) is 1. The molecule has 0 aromatic rings. The van der Waals surface area contributed by atoms with Gasteiger partial charge in [0.15, 0.2) is 14.6 Å². The van der Waals surface area contributed by atoms with Gasteiger partial charge in [-0.3, -0.25) is 4.79 Å². The molecule has 0 atom stereocenters.